The van der Waals surface area contributed by atoms with Crippen LogP contribution < -0.4 is 10.6 Å². The summed E-state index contributed by atoms with van der Waals surface area (Å²) in [5, 5.41) is 3.92. The molecule has 2 rings (SSSR count). The Labute approximate surface area is 124 Å². The molecule has 1 aliphatic rings. The van der Waals surface area contributed by atoms with Gasteiger partial charge in [-0.25, -0.2) is 13.1 Å². The summed E-state index contributed by atoms with van der Waals surface area (Å²) < 4.78 is 25.9. The summed E-state index contributed by atoms with van der Waals surface area (Å²) in [6, 6.07) is 0. The van der Waals surface area contributed by atoms with Gasteiger partial charge >= 0.3 is 0 Å². The van der Waals surface area contributed by atoms with Crippen LogP contribution in [0.3, 0.4) is 0 Å². The molecule has 1 aromatic heterocycles. The Hall–Kier alpha value is -0.890. The zero-order valence-corrected chi connectivity index (χ0v) is 13.8. The lowest BCUT2D eigenvalue weighted by Crippen LogP contribution is -2.48. The second-order valence-corrected chi connectivity index (χ2v) is 8.45. The van der Waals surface area contributed by atoms with E-state index in [0.717, 1.165) is 30.2 Å². The van der Waals surface area contributed by atoms with Crippen molar-refractivity contribution in [2.75, 3.05) is 34.9 Å². The molecule has 1 aromatic rings. The highest BCUT2D eigenvalue weighted by Gasteiger charge is 2.34. The molecule has 0 aliphatic carbocycles. The molecule has 1 aliphatic heterocycles. The van der Waals surface area contributed by atoms with E-state index in [1.165, 1.54) is 6.26 Å². The first-order valence-corrected chi connectivity index (χ1v) is 9.83. The van der Waals surface area contributed by atoms with Crippen molar-refractivity contribution < 1.29 is 8.42 Å². The summed E-state index contributed by atoms with van der Waals surface area (Å²) in [6.45, 7) is 5.35. The molecule has 0 amide bonds. The number of thioether (sulfide) groups is 1. The van der Waals surface area contributed by atoms with E-state index in [2.05, 4.69) is 12.0 Å². The van der Waals surface area contributed by atoms with Gasteiger partial charge in [-0.3, -0.25) is 0 Å². The van der Waals surface area contributed by atoms with Crippen LogP contribution in [0.25, 0.3) is 0 Å². The summed E-state index contributed by atoms with van der Waals surface area (Å²) in [6.07, 6.45) is 2.22. The van der Waals surface area contributed by atoms with Gasteiger partial charge in [0, 0.05) is 30.9 Å². The normalized spacial score (nSPS) is 20.4. The van der Waals surface area contributed by atoms with Crippen molar-refractivity contribution in [3.8, 4) is 0 Å². The molecule has 1 fully saturated rings. The van der Waals surface area contributed by atoms with E-state index >= 15 is 0 Å². The molecule has 1 atom stereocenters. The van der Waals surface area contributed by atoms with Crippen molar-refractivity contribution in [3.63, 3.8) is 0 Å². The van der Waals surface area contributed by atoms with E-state index in [0.29, 0.717) is 18.0 Å². The van der Waals surface area contributed by atoms with Crippen LogP contribution in [-0.2, 0) is 16.4 Å². The topological polar surface area (TPSA) is 81.2 Å². The highest BCUT2D eigenvalue weighted by Crippen LogP contribution is 2.33. The van der Waals surface area contributed by atoms with Crippen molar-refractivity contribution in [1.82, 2.24) is 9.78 Å². The van der Waals surface area contributed by atoms with Crippen LogP contribution in [0, 0.1) is 6.92 Å². The summed E-state index contributed by atoms with van der Waals surface area (Å²) >= 11 is 1.67. The minimum Gasteiger partial charge on any atom is -0.394 e. The SMILES string of the molecule is CCCn1nc(C)c(N)c1N1CCSCC1S(C)(=O)=O. The van der Waals surface area contributed by atoms with Crippen molar-refractivity contribution in [1.29, 1.82) is 0 Å². The Morgan fingerprint density at radius 1 is 1.50 bits per heavy atom. The maximum atomic E-state index is 12.0. The highest BCUT2D eigenvalue weighted by atomic mass is 32.2. The maximum absolute atomic E-state index is 12.0. The van der Waals surface area contributed by atoms with E-state index < -0.39 is 15.2 Å². The second kappa shape index (κ2) is 5.85. The number of nitrogens with two attached hydrogens (primary N) is 1. The molecule has 2 N–H and O–H groups in total. The minimum absolute atomic E-state index is 0.518. The molecule has 8 heteroatoms. The number of anilines is 2. The van der Waals surface area contributed by atoms with Crippen LogP contribution in [0.2, 0.25) is 0 Å². The number of rotatable bonds is 4. The molecule has 6 nitrogen and oxygen atoms in total. The van der Waals surface area contributed by atoms with E-state index in [9.17, 15) is 8.42 Å². The number of nitrogens with zero attached hydrogens (tertiary/aromatic N) is 3. The molecule has 2 heterocycles. The number of nitrogen functional groups attached to an aromatic ring is 1. The average molecular weight is 318 g/mol. The van der Waals surface area contributed by atoms with Crippen molar-refractivity contribution in [2.45, 2.75) is 32.2 Å². The number of aromatic nitrogens is 2. The molecule has 114 valence electrons. The van der Waals surface area contributed by atoms with Gasteiger partial charge in [0.25, 0.3) is 0 Å². The Bertz CT molecular complexity index is 583. The molecule has 0 radical (unpaired) electrons. The van der Waals surface area contributed by atoms with Gasteiger partial charge in [-0.2, -0.15) is 16.9 Å². The molecule has 0 spiro atoms. The summed E-state index contributed by atoms with van der Waals surface area (Å²) in [5.41, 5.74) is 7.50. The molecule has 0 saturated carbocycles. The van der Waals surface area contributed by atoms with Gasteiger partial charge in [0.1, 0.15) is 5.37 Å². The Morgan fingerprint density at radius 3 is 2.80 bits per heavy atom. The van der Waals surface area contributed by atoms with Gasteiger partial charge in [0.2, 0.25) is 0 Å². The van der Waals surface area contributed by atoms with Crippen LogP contribution in [0.15, 0.2) is 0 Å². The van der Waals surface area contributed by atoms with Crippen LogP contribution >= 0.6 is 11.8 Å². The Morgan fingerprint density at radius 2 is 2.20 bits per heavy atom. The molecule has 1 saturated heterocycles. The molecule has 20 heavy (non-hydrogen) atoms. The van der Waals surface area contributed by atoms with Crippen LogP contribution in [0.4, 0.5) is 11.5 Å². The summed E-state index contributed by atoms with van der Waals surface area (Å²) in [5.74, 6) is 2.25. The Balaban J connectivity index is 2.47. The summed E-state index contributed by atoms with van der Waals surface area (Å²) in [4.78, 5) is 1.91. The van der Waals surface area contributed by atoms with Crippen LogP contribution in [0.5, 0.6) is 0 Å². The molecule has 1 unspecified atom stereocenters. The third kappa shape index (κ3) is 2.90. The van der Waals surface area contributed by atoms with Crippen LogP contribution in [-0.4, -0.2) is 47.9 Å². The standard InChI is InChI=1S/C12H22N4O2S2/c1-4-5-16-12(11(13)9(2)14-16)15-6-7-19-8-10(15)20(3,17)18/h10H,4-8,13H2,1-3H3. The molecule has 0 bridgehead atoms. The highest BCUT2D eigenvalue weighted by molar-refractivity contribution is 8.01. The maximum Gasteiger partial charge on any atom is 0.169 e. The number of sulfone groups is 1. The molecule has 0 aromatic carbocycles. The monoisotopic (exact) mass is 318 g/mol. The van der Waals surface area contributed by atoms with Gasteiger partial charge in [-0.1, -0.05) is 6.92 Å². The van der Waals surface area contributed by atoms with Gasteiger partial charge < -0.3 is 10.6 Å². The van der Waals surface area contributed by atoms with Gasteiger partial charge in [-0.15, -0.1) is 0 Å². The van der Waals surface area contributed by atoms with Gasteiger partial charge in [-0.05, 0) is 13.3 Å². The Kier molecular flexibility index (Phi) is 4.53. The average Bonchev–Trinajstić information content (AvgIpc) is 2.64. The summed E-state index contributed by atoms with van der Waals surface area (Å²) in [7, 11) is -3.15. The lowest BCUT2D eigenvalue weighted by Gasteiger charge is -2.36. The number of hydrogen-bond acceptors (Lipinski definition) is 6. The van der Waals surface area contributed by atoms with Crippen molar-refractivity contribution in [2.24, 2.45) is 0 Å². The van der Waals surface area contributed by atoms with E-state index in [1.54, 1.807) is 11.8 Å². The first-order chi connectivity index (χ1) is 9.36. The predicted molar refractivity (Wildman–Crippen MR) is 85.0 cm³/mol. The quantitative estimate of drug-likeness (QED) is 0.895. The number of hydrogen-bond donors (Lipinski definition) is 1. The smallest absolute Gasteiger partial charge is 0.169 e. The molecular weight excluding hydrogens is 296 g/mol. The first kappa shape index (κ1) is 15.5. The fourth-order valence-corrected chi connectivity index (χ4v) is 5.25. The fraction of sp³-hybridized carbons (Fsp3) is 0.750. The third-order valence-electron chi connectivity index (χ3n) is 3.43. The second-order valence-electron chi connectivity index (χ2n) is 5.10. The fourth-order valence-electron chi connectivity index (χ4n) is 2.43. The van der Waals surface area contributed by atoms with Gasteiger partial charge in [0.05, 0.1) is 11.4 Å². The van der Waals surface area contributed by atoms with Crippen molar-refractivity contribution >= 4 is 33.1 Å². The zero-order chi connectivity index (χ0) is 14.9. The van der Waals surface area contributed by atoms with E-state index in [1.807, 2.05) is 16.5 Å². The van der Waals surface area contributed by atoms with E-state index in [-0.39, 0.29) is 0 Å². The largest absolute Gasteiger partial charge is 0.394 e. The van der Waals surface area contributed by atoms with Crippen LogP contribution in [0.1, 0.15) is 19.0 Å². The predicted octanol–water partition coefficient (Wildman–Crippen LogP) is 1.11. The number of aryl methyl sites for hydroxylation is 2. The van der Waals surface area contributed by atoms with Gasteiger partial charge in [0.15, 0.2) is 15.7 Å². The van der Waals surface area contributed by atoms with Crippen molar-refractivity contribution in [3.05, 3.63) is 5.69 Å². The lowest BCUT2D eigenvalue weighted by molar-refractivity contribution is 0.565. The third-order valence-corrected chi connectivity index (χ3v) is 6.08. The zero-order valence-electron chi connectivity index (χ0n) is 12.2. The van der Waals surface area contributed by atoms with E-state index in [4.69, 9.17) is 5.73 Å². The lowest BCUT2D eigenvalue weighted by atomic mass is 10.3. The first-order valence-electron chi connectivity index (χ1n) is 6.72. The minimum atomic E-state index is -3.15. The molecular formula is C12H22N4O2S2.